The van der Waals surface area contributed by atoms with E-state index in [1.54, 1.807) is 0 Å². The van der Waals surface area contributed by atoms with Crippen molar-refractivity contribution in [3.05, 3.63) is 29.6 Å². The largest absolute Gasteiger partial charge is 0.507 e. The van der Waals surface area contributed by atoms with Gasteiger partial charge >= 0.3 is 0 Å². The second kappa shape index (κ2) is 5.69. The van der Waals surface area contributed by atoms with E-state index in [0.29, 0.717) is 5.92 Å². The smallest absolute Gasteiger partial charge is 0.255 e. The molecule has 5 heteroatoms. The van der Waals surface area contributed by atoms with E-state index in [2.05, 4.69) is 21.2 Å². The lowest BCUT2D eigenvalue weighted by Crippen LogP contribution is -2.37. The van der Waals surface area contributed by atoms with Crippen LogP contribution < -0.4 is 5.32 Å². The molecule has 1 aromatic carbocycles. The minimum absolute atomic E-state index is 0.00442. The fourth-order valence-electron chi connectivity index (χ4n) is 2.35. The molecule has 98 valence electrons. The minimum atomic E-state index is -0.526. The van der Waals surface area contributed by atoms with Gasteiger partial charge in [-0.3, -0.25) is 4.79 Å². The van der Waals surface area contributed by atoms with Gasteiger partial charge in [0.25, 0.3) is 5.91 Å². The van der Waals surface area contributed by atoms with E-state index < -0.39 is 11.7 Å². The fraction of sp³-hybridized carbons (Fsp3) is 0.462. The number of carbonyl (C=O) groups excluding carboxylic acids is 1. The highest BCUT2D eigenvalue weighted by molar-refractivity contribution is 9.09. The van der Waals surface area contributed by atoms with Crippen LogP contribution in [0.15, 0.2) is 18.2 Å². The van der Waals surface area contributed by atoms with Crippen LogP contribution in [0.25, 0.3) is 0 Å². The molecule has 1 amide bonds. The Bertz CT molecular complexity index is 453. The van der Waals surface area contributed by atoms with Gasteiger partial charge in [0.1, 0.15) is 11.6 Å². The summed E-state index contributed by atoms with van der Waals surface area (Å²) >= 11 is 3.43. The Morgan fingerprint density at radius 3 is 3.00 bits per heavy atom. The molecule has 1 saturated carbocycles. The summed E-state index contributed by atoms with van der Waals surface area (Å²) in [6, 6.07) is 3.48. The molecule has 2 atom stereocenters. The predicted molar refractivity (Wildman–Crippen MR) is 70.5 cm³/mol. The lowest BCUT2D eigenvalue weighted by molar-refractivity contribution is 0.0927. The van der Waals surface area contributed by atoms with Crippen LogP contribution in [0.4, 0.5) is 4.39 Å². The third-order valence-corrected chi connectivity index (χ3v) is 4.21. The molecule has 2 rings (SSSR count). The normalized spacial score (nSPS) is 23.0. The zero-order chi connectivity index (χ0) is 13.1. The van der Waals surface area contributed by atoms with Gasteiger partial charge in [0.2, 0.25) is 0 Å². The van der Waals surface area contributed by atoms with E-state index in [1.165, 1.54) is 6.07 Å². The van der Waals surface area contributed by atoms with E-state index in [0.717, 1.165) is 36.7 Å². The van der Waals surface area contributed by atoms with Crippen LogP contribution in [0.3, 0.4) is 0 Å². The van der Waals surface area contributed by atoms with Gasteiger partial charge in [-0.2, -0.15) is 0 Å². The molecule has 3 nitrogen and oxygen atoms in total. The summed E-state index contributed by atoms with van der Waals surface area (Å²) in [6.07, 6.45) is 3.08. The number of benzene rings is 1. The zero-order valence-corrected chi connectivity index (χ0v) is 11.4. The molecule has 0 spiro atoms. The Kier molecular flexibility index (Phi) is 4.22. The average molecular weight is 316 g/mol. The molecule has 0 bridgehead atoms. The number of amides is 1. The number of alkyl halides is 1. The van der Waals surface area contributed by atoms with Crippen molar-refractivity contribution >= 4 is 21.8 Å². The molecule has 2 N–H and O–H groups in total. The zero-order valence-electron chi connectivity index (χ0n) is 9.83. The molecule has 0 aliphatic heterocycles. The standard InChI is InChI=1S/C13H15BrFNO2/c14-7-8-2-1-3-11(8)16-13(18)10-6-9(15)4-5-12(10)17/h4-6,8,11,17H,1-3,7H2,(H,16,18). The van der Waals surface area contributed by atoms with Crippen molar-refractivity contribution in [2.45, 2.75) is 25.3 Å². The number of rotatable bonds is 3. The number of hydrogen-bond acceptors (Lipinski definition) is 2. The van der Waals surface area contributed by atoms with Gasteiger partial charge in [0, 0.05) is 11.4 Å². The van der Waals surface area contributed by atoms with Gasteiger partial charge in [-0.1, -0.05) is 22.4 Å². The topological polar surface area (TPSA) is 49.3 Å². The van der Waals surface area contributed by atoms with Crippen molar-refractivity contribution in [2.75, 3.05) is 5.33 Å². The monoisotopic (exact) mass is 315 g/mol. The summed E-state index contributed by atoms with van der Waals surface area (Å²) in [5, 5.41) is 13.3. The second-order valence-electron chi connectivity index (χ2n) is 4.59. The Labute approximate surface area is 114 Å². The Morgan fingerprint density at radius 2 is 2.28 bits per heavy atom. The van der Waals surface area contributed by atoms with E-state index in [9.17, 15) is 14.3 Å². The van der Waals surface area contributed by atoms with Gasteiger partial charge in [-0.05, 0) is 37.0 Å². The SMILES string of the molecule is O=C(NC1CCCC1CBr)c1cc(F)ccc1O. The molecule has 0 saturated heterocycles. The Morgan fingerprint density at radius 1 is 1.50 bits per heavy atom. The third-order valence-electron chi connectivity index (χ3n) is 3.38. The number of halogens is 2. The lowest BCUT2D eigenvalue weighted by atomic mass is 10.1. The van der Waals surface area contributed by atoms with Gasteiger partial charge in [0.05, 0.1) is 5.56 Å². The van der Waals surface area contributed by atoms with E-state index in [-0.39, 0.29) is 17.4 Å². The molecule has 0 heterocycles. The Hall–Kier alpha value is -1.10. The molecular formula is C13H15BrFNO2. The molecule has 1 aromatic rings. The first-order valence-electron chi connectivity index (χ1n) is 5.97. The maximum Gasteiger partial charge on any atom is 0.255 e. The number of hydrogen-bond donors (Lipinski definition) is 2. The maximum absolute atomic E-state index is 13.1. The van der Waals surface area contributed by atoms with E-state index in [1.807, 2.05) is 0 Å². The summed E-state index contributed by atoms with van der Waals surface area (Å²) < 4.78 is 13.1. The quantitative estimate of drug-likeness (QED) is 0.843. The molecule has 0 aromatic heterocycles. The molecular weight excluding hydrogens is 301 g/mol. The minimum Gasteiger partial charge on any atom is -0.507 e. The van der Waals surface area contributed by atoms with Crippen LogP contribution in [0, 0.1) is 11.7 Å². The van der Waals surface area contributed by atoms with Crippen molar-refractivity contribution in [2.24, 2.45) is 5.92 Å². The number of phenols is 1. The highest BCUT2D eigenvalue weighted by Gasteiger charge is 2.28. The first-order valence-corrected chi connectivity index (χ1v) is 7.09. The van der Waals surface area contributed by atoms with Crippen LogP contribution >= 0.6 is 15.9 Å². The molecule has 2 unspecified atom stereocenters. The summed E-state index contributed by atoms with van der Waals surface area (Å²) in [5.74, 6) is -0.724. The van der Waals surface area contributed by atoms with Crippen LogP contribution in [-0.2, 0) is 0 Å². The summed E-state index contributed by atoms with van der Waals surface area (Å²) in [5.41, 5.74) is -0.00442. The molecule has 1 aliphatic rings. The van der Waals surface area contributed by atoms with Crippen molar-refractivity contribution in [1.82, 2.24) is 5.32 Å². The molecule has 1 aliphatic carbocycles. The third kappa shape index (κ3) is 2.83. The summed E-state index contributed by atoms with van der Waals surface area (Å²) in [6.45, 7) is 0. The number of carbonyl (C=O) groups is 1. The highest BCUT2D eigenvalue weighted by Crippen LogP contribution is 2.28. The number of phenolic OH excluding ortho intramolecular Hbond substituents is 1. The predicted octanol–water partition coefficient (Wildman–Crippen LogP) is 2.82. The van der Waals surface area contributed by atoms with Crippen LogP contribution in [0.1, 0.15) is 29.6 Å². The Balaban J connectivity index is 2.09. The van der Waals surface area contributed by atoms with Crippen molar-refractivity contribution in [3.63, 3.8) is 0 Å². The van der Waals surface area contributed by atoms with Crippen LogP contribution in [0.5, 0.6) is 5.75 Å². The van der Waals surface area contributed by atoms with Crippen LogP contribution in [-0.4, -0.2) is 22.4 Å². The first-order chi connectivity index (χ1) is 8.61. The van der Waals surface area contributed by atoms with Crippen molar-refractivity contribution in [3.8, 4) is 5.75 Å². The molecule has 0 radical (unpaired) electrons. The second-order valence-corrected chi connectivity index (χ2v) is 5.23. The number of aromatic hydroxyl groups is 1. The average Bonchev–Trinajstić information content (AvgIpc) is 2.79. The fourth-order valence-corrected chi connectivity index (χ4v) is 3.12. The van der Waals surface area contributed by atoms with E-state index >= 15 is 0 Å². The van der Waals surface area contributed by atoms with Gasteiger partial charge in [-0.15, -0.1) is 0 Å². The molecule has 1 fully saturated rings. The van der Waals surface area contributed by atoms with Gasteiger partial charge < -0.3 is 10.4 Å². The first kappa shape index (κ1) is 13.3. The summed E-state index contributed by atoms with van der Waals surface area (Å²) in [7, 11) is 0. The van der Waals surface area contributed by atoms with Crippen molar-refractivity contribution in [1.29, 1.82) is 0 Å². The maximum atomic E-state index is 13.1. The van der Waals surface area contributed by atoms with Crippen LogP contribution in [0.2, 0.25) is 0 Å². The van der Waals surface area contributed by atoms with Gasteiger partial charge in [-0.25, -0.2) is 4.39 Å². The molecule has 18 heavy (non-hydrogen) atoms. The lowest BCUT2D eigenvalue weighted by Gasteiger charge is -2.19. The van der Waals surface area contributed by atoms with Crippen molar-refractivity contribution < 1.29 is 14.3 Å². The summed E-state index contributed by atoms with van der Waals surface area (Å²) in [4.78, 5) is 12.0. The number of nitrogens with one attached hydrogen (secondary N) is 1. The van der Waals surface area contributed by atoms with E-state index in [4.69, 9.17) is 0 Å². The van der Waals surface area contributed by atoms with Gasteiger partial charge in [0.15, 0.2) is 0 Å². The highest BCUT2D eigenvalue weighted by atomic mass is 79.9.